The smallest absolute Gasteiger partial charge is 0.338 e. The largest absolute Gasteiger partial charge is 0.497 e. The van der Waals surface area contributed by atoms with Crippen LogP contribution in [0.4, 0.5) is 11.4 Å². The molecule has 0 saturated heterocycles. The van der Waals surface area contributed by atoms with Crippen LogP contribution in [-0.4, -0.2) is 46.8 Å². The van der Waals surface area contributed by atoms with E-state index in [1.165, 1.54) is 11.4 Å². The Morgan fingerprint density at radius 3 is 2.20 bits per heavy atom. The van der Waals surface area contributed by atoms with Crippen LogP contribution < -0.4 is 14.4 Å². The van der Waals surface area contributed by atoms with Crippen molar-refractivity contribution in [2.45, 2.75) is 19.8 Å². The van der Waals surface area contributed by atoms with Gasteiger partial charge in [-0.25, -0.2) is 13.2 Å². The van der Waals surface area contributed by atoms with Crippen molar-refractivity contribution >= 4 is 33.3 Å². The van der Waals surface area contributed by atoms with Crippen LogP contribution in [0.1, 0.15) is 30.1 Å². The first-order valence-corrected chi connectivity index (χ1v) is 11.3. The number of carbonyl (C=O) groups excluding carboxylic acids is 2. The van der Waals surface area contributed by atoms with Crippen molar-refractivity contribution in [3.63, 3.8) is 0 Å². The summed E-state index contributed by atoms with van der Waals surface area (Å²) >= 11 is 0. The number of hydrogen-bond donors (Lipinski definition) is 1. The molecule has 0 fully saturated rings. The SMILES string of the molecule is CCOC(=O)c1ccc(NC(=O)CCCN(c2ccc(OC)cc2)S(C)(=O)=O)cc1. The Labute approximate surface area is 176 Å². The molecule has 0 atom stereocenters. The van der Waals surface area contributed by atoms with E-state index in [9.17, 15) is 18.0 Å². The Bertz CT molecular complexity index is 956. The number of sulfonamides is 1. The highest BCUT2D eigenvalue weighted by molar-refractivity contribution is 7.92. The summed E-state index contributed by atoms with van der Waals surface area (Å²) in [6.45, 7) is 2.19. The first-order chi connectivity index (χ1) is 14.2. The lowest BCUT2D eigenvalue weighted by Crippen LogP contribution is -2.31. The Kier molecular flexibility index (Phi) is 8.23. The van der Waals surface area contributed by atoms with Crippen LogP contribution in [0.3, 0.4) is 0 Å². The molecule has 162 valence electrons. The molecule has 30 heavy (non-hydrogen) atoms. The number of esters is 1. The zero-order valence-corrected chi connectivity index (χ0v) is 18.1. The van der Waals surface area contributed by atoms with Gasteiger partial charge in [-0.05, 0) is 61.9 Å². The standard InChI is InChI=1S/C21H26N2O6S/c1-4-29-21(25)16-7-9-17(10-8-16)22-20(24)6-5-15-23(30(3,26)27)18-11-13-19(28-2)14-12-18/h7-14H,4-6,15H2,1-3H3,(H,22,24). The van der Waals surface area contributed by atoms with Crippen LogP contribution in [0.5, 0.6) is 5.75 Å². The highest BCUT2D eigenvalue weighted by Gasteiger charge is 2.17. The average Bonchev–Trinajstić information content (AvgIpc) is 2.71. The summed E-state index contributed by atoms with van der Waals surface area (Å²) in [5, 5.41) is 2.73. The third-order valence-electron chi connectivity index (χ3n) is 4.21. The number of hydrogen-bond acceptors (Lipinski definition) is 6. The van der Waals surface area contributed by atoms with Crippen molar-refractivity contribution in [1.29, 1.82) is 0 Å². The van der Waals surface area contributed by atoms with Gasteiger partial charge in [-0.1, -0.05) is 0 Å². The Hall–Kier alpha value is -3.07. The van der Waals surface area contributed by atoms with E-state index in [4.69, 9.17) is 9.47 Å². The van der Waals surface area contributed by atoms with Crippen molar-refractivity contribution < 1.29 is 27.5 Å². The van der Waals surface area contributed by atoms with E-state index in [0.717, 1.165) is 6.26 Å². The number of carbonyl (C=O) groups is 2. The average molecular weight is 435 g/mol. The lowest BCUT2D eigenvalue weighted by molar-refractivity contribution is -0.116. The Morgan fingerprint density at radius 1 is 1.03 bits per heavy atom. The molecule has 0 aliphatic carbocycles. The van der Waals surface area contributed by atoms with Crippen LogP contribution in [0.25, 0.3) is 0 Å². The second kappa shape index (κ2) is 10.6. The molecule has 2 aromatic rings. The van der Waals surface area contributed by atoms with Gasteiger partial charge < -0.3 is 14.8 Å². The highest BCUT2D eigenvalue weighted by atomic mass is 32.2. The van der Waals surface area contributed by atoms with Gasteiger partial charge in [0, 0.05) is 18.7 Å². The fraction of sp³-hybridized carbons (Fsp3) is 0.333. The first-order valence-electron chi connectivity index (χ1n) is 9.43. The molecule has 0 heterocycles. The number of ether oxygens (including phenoxy) is 2. The number of rotatable bonds is 10. The van der Waals surface area contributed by atoms with Crippen LogP contribution in [-0.2, 0) is 19.6 Å². The van der Waals surface area contributed by atoms with E-state index in [1.54, 1.807) is 55.5 Å². The molecule has 2 rings (SSSR count). The maximum Gasteiger partial charge on any atom is 0.338 e. The number of nitrogens with one attached hydrogen (secondary N) is 1. The minimum Gasteiger partial charge on any atom is -0.497 e. The van der Waals surface area contributed by atoms with Crippen molar-refractivity contribution in [1.82, 2.24) is 0 Å². The molecular weight excluding hydrogens is 408 g/mol. The molecule has 0 spiro atoms. The molecule has 2 aromatic carbocycles. The molecule has 0 aliphatic rings. The van der Waals surface area contributed by atoms with Crippen LogP contribution in [0.15, 0.2) is 48.5 Å². The van der Waals surface area contributed by atoms with Gasteiger partial charge in [0.25, 0.3) is 0 Å². The molecule has 1 amide bonds. The molecule has 0 unspecified atom stereocenters. The minimum absolute atomic E-state index is 0.141. The summed E-state index contributed by atoms with van der Waals surface area (Å²) in [5.74, 6) is -0.0441. The third kappa shape index (κ3) is 6.77. The maximum atomic E-state index is 12.2. The quantitative estimate of drug-likeness (QED) is 0.577. The lowest BCUT2D eigenvalue weighted by Gasteiger charge is -2.22. The Balaban J connectivity index is 1.91. The summed E-state index contributed by atoms with van der Waals surface area (Å²) < 4.78 is 35.5. The van der Waals surface area contributed by atoms with Crippen LogP contribution in [0, 0.1) is 0 Å². The van der Waals surface area contributed by atoms with Crippen molar-refractivity contribution in [2.75, 3.05) is 36.1 Å². The van der Waals surface area contributed by atoms with Gasteiger partial charge in [-0.3, -0.25) is 9.10 Å². The molecule has 1 N–H and O–H groups in total. The molecule has 0 aliphatic heterocycles. The number of methoxy groups -OCH3 is 1. The maximum absolute atomic E-state index is 12.2. The molecule has 0 saturated carbocycles. The molecule has 9 heteroatoms. The number of nitrogens with zero attached hydrogens (tertiary/aromatic N) is 1. The summed E-state index contributed by atoms with van der Waals surface area (Å²) in [5.41, 5.74) is 1.45. The topological polar surface area (TPSA) is 102 Å². The predicted octanol–water partition coefficient (Wildman–Crippen LogP) is 3.06. The van der Waals surface area contributed by atoms with Gasteiger partial charge in [0.1, 0.15) is 5.75 Å². The monoisotopic (exact) mass is 434 g/mol. The van der Waals surface area contributed by atoms with Gasteiger partial charge in [-0.15, -0.1) is 0 Å². The van der Waals surface area contributed by atoms with Crippen molar-refractivity contribution in [3.05, 3.63) is 54.1 Å². The zero-order valence-electron chi connectivity index (χ0n) is 17.3. The van der Waals surface area contributed by atoms with E-state index in [1.807, 2.05) is 0 Å². The predicted molar refractivity (Wildman–Crippen MR) is 115 cm³/mol. The molecular formula is C21H26N2O6S. The fourth-order valence-electron chi connectivity index (χ4n) is 2.75. The van der Waals surface area contributed by atoms with Gasteiger partial charge in [-0.2, -0.15) is 0 Å². The second-order valence-corrected chi connectivity index (χ2v) is 8.39. The van der Waals surface area contributed by atoms with E-state index in [2.05, 4.69) is 5.32 Å². The Morgan fingerprint density at radius 2 is 1.67 bits per heavy atom. The van der Waals surface area contributed by atoms with Gasteiger partial charge >= 0.3 is 5.97 Å². The van der Waals surface area contributed by atoms with Crippen LogP contribution >= 0.6 is 0 Å². The molecule has 0 bridgehead atoms. The zero-order chi connectivity index (χ0) is 22.1. The van der Waals surface area contributed by atoms with Gasteiger partial charge in [0.05, 0.1) is 31.2 Å². The van der Waals surface area contributed by atoms with Crippen LogP contribution in [0.2, 0.25) is 0 Å². The molecule has 8 nitrogen and oxygen atoms in total. The highest BCUT2D eigenvalue weighted by Crippen LogP contribution is 2.22. The van der Waals surface area contributed by atoms with Crippen molar-refractivity contribution in [2.24, 2.45) is 0 Å². The van der Waals surface area contributed by atoms with E-state index in [-0.39, 0.29) is 18.9 Å². The summed E-state index contributed by atoms with van der Waals surface area (Å²) in [4.78, 5) is 23.8. The second-order valence-electron chi connectivity index (χ2n) is 6.48. The number of benzene rings is 2. The van der Waals surface area contributed by atoms with E-state index in [0.29, 0.717) is 35.7 Å². The summed E-state index contributed by atoms with van der Waals surface area (Å²) in [7, 11) is -1.96. The lowest BCUT2D eigenvalue weighted by atomic mass is 10.2. The normalized spacial score (nSPS) is 10.9. The van der Waals surface area contributed by atoms with Gasteiger partial charge in [0.15, 0.2) is 0 Å². The number of anilines is 2. The van der Waals surface area contributed by atoms with Crippen molar-refractivity contribution in [3.8, 4) is 5.75 Å². The molecule has 0 aromatic heterocycles. The summed E-state index contributed by atoms with van der Waals surface area (Å²) in [6.07, 6.45) is 1.61. The minimum atomic E-state index is -3.50. The first kappa shape index (κ1) is 23.2. The number of amides is 1. The third-order valence-corrected chi connectivity index (χ3v) is 5.40. The summed E-state index contributed by atoms with van der Waals surface area (Å²) in [6, 6.07) is 13.1. The van der Waals surface area contributed by atoms with E-state index >= 15 is 0 Å². The molecule has 0 radical (unpaired) electrons. The fourth-order valence-corrected chi connectivity index (χ4v) is 3.71. The van der Waals surface area contributed by atoms with E-state index < -0.39 is 16.0 Å². The van der Waals surface area contributed by atoms with Gasteiger partial charge in [0.2, 0.25) is 15.9 Å².